The number of rotatable bonds is 5. The third kappa shape index (κ3) is 3.89. The Balaban J connectivity index is 1.61. The number of hydrogen-bond acceptors (Lipinski definition) is 7. The van der Waals surface area contributed by atoms with Crippen LogP contribution in [0.3, 0.4) is 0 Å². The highest BCUT2D eigenvalue weighted by Gasteiger charge is 2.21. The molecule has 10 nitrogen and oxygen atoms in total. The normalized spacial score (nSPS) is 16.2. The lowest BCUT2D eigenvalue weighted by Crippen LogP contribution is -2.25. The van der Waals surface area contributed by atoms with Crippen LogP contribution in [0, 0.1) is 5.82 Å². The third-order valence-electron chi connectivity index (χ3n) is 4.97. The van der Waals surface area contributed by atoms with Gasteiger partial charge in [-0.05, 0) is 43.5 Å². The third-order valence-corrected chi connectivity index (χ3v) is 4.97. The molecule has 1 atom stereocenters. The van der Waals surface area contributed by atoms with Crippen LogP contribution in [-0.4, -0.2) is 40.7 Å². The van der Waals surface area contributed by atoms with E-state index in [1.165, 1.54) is 16.6 Å². The summed E-state index contributed by atoms with van der Waals surface area (Å²) in [5.41, 5.74) is 1.45. The van der Waals surface area contributed by atoms with Gasteiger partial charge in [-0.15, -0.1) is 0 Å². The van der Waals surface area contributed by atoms with Gasteiger partial charge >= 0.3 is 5.69 Å². The maximum absolute atomic E-state index is 13.2. The van der Waals surface area contributed by atoms with Crippen molar-refractivity contribution in [3.63, 3.8) is 0 Å². The van der Waals surface area contributed by atoms with Crippen molar-refractivity contribution < 1.29 is 9.50 Å². The molecule has 11 heteroatoms. The monoisotopic (exact) mass is 422 g/mol. The molecular weight excluding hydrogens is 403 g/mol. The molecule has 0 aliphatic heterocycles. The molecule has 0 bridgehead atoms. The van der Waals surface area contributed by atoms with Gasteiger partial charge in [-0.2, -0.15) is 19.6 Å². The van der Waals surface area contributed by atoms with Gasteiger partial charge in [-0.1, -0.05) is 12.1 Å². The topological polar surface area (TPSA) is 136 Å². The number of fused-ring (bicyclic) bond motifs is 1. The van der Waals surface area contributed by atoms with Gasteiger partial charge in [0.1, 0.15) is 11.5 Å². The summed E-state index contributed by atoms with van der Waals surface area (Å²) in [7, 11) is 0. The molecule has 1 saturated carbocycles. The van der Waals surface area contributed by atoms with E-state index in [4.69, 9.17) is 0 Å². The lowest BCUT2D eigenvalue weighted by atomic mass is 10.1. The largest absolute Gasteiger partial charge is 0.493 e. The highest BCUT2D eigenvalue weighted by Crippen LogP contribution is 2.22. The molecule has 0 unspecified atom stereocenters. The Morgan fingerprint density at radius 1 is 1.29 bits per heavy atom. The van der Waals surface area contributed by atoms with Crippen LogP contribution in [0.25, 0.3) is 11.7 Å². The number of hydrogen-bond donors (Lipinski definition) is 4. The van der Waals surface area contributed by atoms with Crippen molar-refractivity contribution in [2.24, 2.45) is 4.99 Å². The SMILES string of the molecule is C[C@@H](Nc1nc(=NC2CC2)n2nc/c(=C\c3[nH]c(=O)[nH]c3O)c2n1)c1ccc(F)cc1. The van der Waals surface area contributed by atoms with Crippen LogP contribution >= 0.6 is 0 Å². The van der Waals surface area contributed by atoms with Gasteiger partial charge in [0, 0.05) is 5.22 Å². The van der Waals surface area contributed by atoms with Crippen LogP contribution in [-0.2, 0) is 0 Å². The van der Waals surface area contributed by atoms with Gasteiger partial charge in [0.15, 0.2) is 5.65 Å². The number of benzene rings is 1. The zero-order valence-electron chi connectivity index (χ0n) is 16.5. The van der Waals surface area contributed by atoms with E-state index in [9.17, 15) is 14.3 Å². The first kappa shape index (κ1) is 19.0. The average Bonchev–Trinajstić information content (AvgIpc) is 3.37. The first-order chi connectivity index (χ1) is 15.0. The van der Waals surface area contributed by atoms with E-state index in [2.05, 4.69) is 35.3 Å². The van der Waals surface area contributed by atoms with Crippen molar-refractivity contribution in [2.45, 2.75) is 31.8 Å². The predicted octanol–water partition coefficient (Wildman–Crippen LogP) is 0.769. The van der Waals surface area contributed by atoms with E-state index in [1.54, 1.807) is 24.4 Å². The Bertz CT molecular complexity index is 1430. The molecule has 5 rings (SSSR count). The molecule has 0 spiro atoms. The van der Waals surface area contributed by atoms with E-state index < -0.39 is 5.69 Å². The number of aromatic hydroxyl groups is 1. The second-order valence-electron chi connectivity index (χ2n) is 7.45. The molecule has 1 aromatic carbocycles. The minimum atomic E-state index is -0.519. The zero-order valence-corrected chi connectivity index (χ0v) is 16.5. The molecule has 0 amide bonds. The number of halogens is 1. The first-order valence-electron chi connectivity index (χ1n) is 9.81. The Morgan fingerprint density at radius 2 is 2.06 bits per heavy atom. The van der Waals surface area contributed by atoms with Crippen LogP contribution in [0.5, 0.6) is 5.88 Å². The summed E-state index contributed by atoms with van der Waals surface area (Å²) in [6.45, 7) is 1.92. The van der Waals surface area contributed by atoms with Crippen LogP contribution in [0.2, 0.25) is 0 Å². The van der Waals surface area contributed by atoms with Crippen molar-refractivity contribution in [2.75, 3.05) is 5.32 Å². The van der Waals surface area contributed by atoms with Crippen LogP contribution in [0.4, 0.5) is 10.3 Å². The van der Waals surface area contributed by atoms with E-state index >= 15 is 0 Å². The highest BCUT2D eigenvalue weighted by molar-refractivity contribution is 5.57. The summed E-state index contributed by atoms with van der Waals surface area (Å²) in [6.07, 6.45) is 5.13. The van der Waals surface area contributed by atoms with Gasteiger partial charge in [-0.3, -0.25) is 4.98 Å². The van der Waals surface area contributed by atoms with Crippen molar-refractivity contribution in [1.82, 2.24) is 29.5 Å². The van der Waals surface area contributed by atoms with Crippen molar-refractivity contribution in [3.8, 4) is 5.88 Å². The van der Waals surface area contributed by atoms with Crippen LogP contribution < -0.4 is 21.8 Å². The zero-order chi connectivity index (χ0) is 21.5. The number of aromatic amines is 2. The van der Waals surface area contributed by atoms with Gasteiger partial charge < -0.3 is 15.4 Å². The smallest absolute Gasteiger partial charge is 0.326 e. The lowest BCUT2D eigenvalue weighted by Gasteiger charge is -2.14. The summed E-state index contributed by atoms with van der Waals surface area (Å²) >= 11 is 0. The molecule has 0 radical (unpaired) electrons. The Hall–Kier alpha value is -4.02. The molecule has 1 aliphatic carbocycles. The summed E-state index contributed by atoms with van der Waals surface area (Å²) in [6, 6.07) is 6.23. The average molecular weight is 422 g/mol. The van der Waals surface area contributed by atoms with E-state index in [-0.39, 0.29) is 29.5 Å². The summed E-state index contributed by atoms with van der Waals surface area (Å²) < 4.78 is 14.8. The molecule has 3 aromatic heterocycles. The number of anilines is 1. The lowest BCUT2D eigenvalue weighted by molar-refractivity contribution is 0.454. The molecule has 4 aromatic rings. The van der Waals surface area contributed by atoms with Crippen molar-refractivity contribution in [1.29, 1.82) is 0 Å². The summed E-state index contributed by atoms with van der Waals surface area (Å²) in [5, 5.41) is 18.0. The maximum Gasteiger partial charge on any atom is 0.326 e. The predicted molar refractivity (Wildman–Crippen MR) is 110 cm³/mol. The Labute approximate surface area is 174 Å². The second kappa shape index (κ2) is 7.35. The molecule has 3 heterocycles. The quantitative estimate of drug-likeness (QED) is 0.375. The molecule has 31 heavy (non-hydrogen) atoms. The van der Waals surface area contributed by atoms with Crippen molar-refractivity contribution >= 4 is 17.7 Å². The van der Waals surface area contributed by atoms with Gasteiger partial charge in [0.05, 0.1) is 18.3 Å². The maximum atomic E-state index is 13.2. The number of nitrogens with one attached hydrogen (secondary N) is 3. The van der Waals surface area contributed by atoms with Crippen LogP contribution in [0.1, 0.15) is 37.1 Å². The summed E-state index contributed by atoms with van der Waals surface area (Å²) in [5.74, 6) is -0.236. The molecule has 1 aliphatic rings. The molecule has 1 fully saturated rings. The van der Waals surface area contributed by atoms with Crippen LogP contribution in [0.15, 0.2) is 40.2 Å². The fourth-order valence-corrected chi connectivity index (χ4v) is 3.17. The molecule has 158 valence electrons. The van der Waals surface area contributed by atoms with Gasteiger partial charge in [-0.25, -0.2) is 14.2 Å². The van der Waals surface area contributed by atoms with Crippen molar-refractivity contribution in [3.05, 3.63) is 68.9 Å². The number of imidazole rings is 1. The first-order valence-corrected chi connectivity index (χ1v) is 9.81. The van der Waals surface area contributed by atoms with E-state index in [0.717, 1.165) is 18.4 Å². The molecule has 4 N–H and O–H groups in total. The number of H-pyrrole nitrogens is 2. The van der Waals surface area contributed by atoms with E-state index in [0.29, 0.717) is 22.4 Å². The summed E-state index contributed by atoms with van der Waals surface area (Å²) in [4.78, 5) is 29.9. The minimum Gasteiger partial charge on any atom is -0.493 e. The molecular formula is C20H19FN8O2. The Morgan fingerprint density at radius 3 is 2.74 bits per heavy atom. The number of aromatic nitrogens is 6. The second-order valence-corrected chi connectivity index (χ2v) is 7.45. The van der Waals surface area contributed by atoms with E-state index in [1.807, 2.05) is 6.92 Å². The fourth-order valence-electron chi connectivity index (χ4n) is 3.17. The fraction of sp³-hybridized carbons (Fsp3) is 0.250. The standard InChI is InChI=1S/C20H19FN8O2/c1-10(11-2-4-13(21)5-3-11)23-18-26-16-12(8-15-17(30)27-20(31)25-15)9-22-29(16)19(28-18)24-14-6-7-14/h2-5,8-10,14,30H,6-7H2,1H3,(H,23,24,28)(H2,25,27,31)/b12-8+/t10-/m1/s1. The molecule has 0 saturated heterocycles. The minimum absolute atomic E-state index is 0.183. The Kier molecular flexibility index (Phi) is 4.50. The highest BCUT2D eigenvalue weighted by atomic mass is 19.1. The number of nitrogens with zero attached hydrogens (tertiary/aromatic N) is 5. The van der Waals surface area contributed by atoms with Gasteiger partial charge in [0.2, 0.25) is 11.8 Å². The van der Waals surface area contributed by atoms with Gasteiger partial charge in [0.25, 0.3) is 5.62 Å².